The molecule has 7 nitrogen and oxygen atoms in total. The number of nitrogens with one attached hydrogen (secondary N) is 1. The Morgan fingerprint density at radius 3 is 2.26 bits per heavy atom. The van der Waals surface area contributed by atoms with Crippen LogP contribution in [0.15, 0.2) is 24.4 Å². The van der Waals surface area contributed by atoms with E-state index in [4.69, 9.17) is 4.74 Å². The third kappa shape index (κ3) is 10.9. The number of carboxylic acids is 1. The van der Waals surface area contributed by atoms with Gasteiger partial charge < -0.3 is 20.1 Å². The molecular formula is C28H45F3N4O3Si. The second-order valence-electron chi connectivity index (χ2n) is 12.4. The molecule has 2 N–H and O–H groups in total. The highest BCUT2D eigenvalue weighted by molar-refractivity contribution is 6.76. The molecular weight excluding hydrogens is 525 g/mol. The van der Waals surface area contributed by atoms with Crippen molar-refractivity contribution in [2.24, 2.45) is 11.8 Å². The summed E-state index contributed by atoms with van der Waals surface area (Å²) in [4.78, 5) is 17.5. The van der Waals surface area contributed by atoms with E-state index in [2.05, 4.69) is 62.5 Å². The topological polar surface area (TPSA) is 79.6 Å². The van der Waals surface area contributed by atoms with E-state index in [0.717, 1.165) is 36.6 Å². The van der Waals surface area contributed by atoms with Gasteiger partial charge in [0, 0.05) is 34.0 Å². The molecule has 0 saturated carbocycles. The van der Waals surface area contributed by atoms with Crippen LogP contribution >= 0.6 is 0 Å². The molecule has 0 bridgehead atoms. The van der Waals surface area contributed by atoms with Gasteiger partial charge in [0.1, 0.15) is 6.73 Å². The van der Waals surface area contributed by atoms with Gasteiger partial charge >= 0.3 is 12.1 Å². The molecule has 0 amide bonds. The van der Waals surface area contributed by atoms with Crippen molar-refractivity contribution in [2.45, 2.75) is 85.5 Å². The normalized spacial score (nSPS) is 13.3. The maximum atomic E-state index is 13.6. The molecule has 0 saturated heterocycles. The van der Waals surface area contributed by atoms with Gasteiger partial charge in [0.2, 0.25) is 5.95 Å². The first-order chi connectivity index (χ1) is 18.0. The molecule has 2 rings (SSSR count). The average molecular weight is 571 g/mol. The zero-order chi connectivity index (χ0) is 29.5. The largest absolute Gasteiger partial charge is 0.481 e. The Kier molecular flexibility index (Phi) is 11.5. The summed E-state index contributed by atoms with van der Waals surface area (Å²) in [6.07, 6.45) is -3.70. The number of carbonyl (C=O) groups is 1. The van der Waals surface area contributed by atoms with Crippen LogP contribution in [0.4, 0.5) is 30.5 Å². The number of hydrogen-bond donors (Lipinski definition) is 2. The Labute approximate surface area is 231 Å². The van der Waals surface area contributed by atoms with Crippen LogP contribution < -0.4 is 10.2 Å². The molecule has 39 heavy (non-hydrogen) atoms. The number of halogens is 3. The highest BCUT2D eigenvalue weighted by atomic mass is 28.3. The minimum atomic E-state index is -4.61. The monoisotopic (exact) mass is 570 g/mol. The molecule has 0 aliphatic carbocycles. The van der Waals surface area contributed by atoms with Crippen LogP contribution in [-0.4, -0.2) is 48.4 Å². The first-order valence-corrected chi connectivity index (χ1v) is 17.3. The van der Waals surface area contributed by atoms with Crippen molar-refractivity contribution in [3.63, 3.8) is 0 Å². The van der Waals surface area contributed by atoms with E-state index < -0.39 is 25.9 Å². The lowest BCUT2D eigenvalue weighted by Crippen LogP contribution is -2.32. The fourth-order valence-corrected chi connectivity index (χ4v) is 4.94. The Hall–Kier alpha value is -2.53. The number of carboxylic acid groups (broad SMARTS) is 1. The maximum absolute atomic E-state index is 13.6. The maximum Gasteiger partial charge on any atom is 0.434 e. The Balaban J connectivity index is 2.53. The fourth-order valence-electron chi connectivity index (χ4n) is 4.18. The number of rotatable bonds is 15. The summed E-state index contributed by atoms with van der Waals surface area (Å²) in [6, 6.07) is 6.54. The molecule has 0 radical (unpaired) electrons. The Bertz CT molecular complexity index is 1070. The third-order valence-electron chi connectivity index (χ3n) is 6.12. The van der Waals surface area contributed by atoms with Gasteiger partial charge in [0.15, 0.2) is 5.69 Å². The minimum absolute atomic E-state index is 0.0219. The van der Waals surface area contributed by atoms with Crippen molar-refractivity contribution in [1.82, 2.24) is 9.55 Å². The van der Waals surface area contributed by atoms with E-state index in [0.29, 0.717) is 24.1 Å². The predicted octanol–water partition coefficient (Wildman–Crippen LogP) is 7.65. The van der Waals surface area contributed by atoms with E-state index in [1.54, 1.807) is 0 Å². The van der Waals surface area contributed by atoms with Gasteiger partial charge in [-0.3, -0.25) is 9.36 Å². The van der Waals surface area contributed by atoms with Gasteiger partial charge in [-0.15, -0.1) is 0 Å². The van der Waals surface area contributed by atoms with Crippen LogP contribution in [0.5, 0.6) is 0 Å². The summed E-state index contributed by atoms with van der Waals surface area (Å²) in [5, 5.41) is 12.5. The smallest absolute Gasteiger partial charge is 0.434 e. The molecule has 0 spiro atoms. The fraction of sp³-hybridized carbons (Fsp3) is 0.643. The van der Waals surface area contributed by atoms with Gasteiger partial charge in [-0.1, -0.05) is 60.3 Å². The molecule has 0 fully saturated rings. The lowest BCUT2D eigenvalue weighted by atomic mass is 9.96. The molecule has 0 unspecified atom stereocenters. The van der Waals surface area contributed by atoms with Gasteiger partial charge in [-0.25, -0.2) is 4.98 Å². The van der Waals surface area contributed by atoms with Crippen LogP contribution in [0.2, 0.25) is 25.7 Å². The summed E-state index contributed by atoms with van der Waals surface area (Å²) >= 11 is 0. The predicted molar refractivity (Wildman–Crippen MR) is 154 cm³/mol. The highest BCUT2D eigenvalue weighted by Gasteiger charge is 2.35. The molecule has 0 aliphatic heterocycles. The molecule has 220 valence electrons. The van der Waals surface area contributed by atoms with Gasteiger partial charge in [-0.2, -0.15) is 13.2 Å². The molecule has 1 atom stereocenters. The number of anilines is 3. The second-order valence-corrected chi connectivity index (χ2v) is 18.0. The first-order valence-electron chi connectivity index (χ1n) is 13.6. The number of alkyl halides is 3. The van der Waals surface area contributed by atoms with E-state index in [1.165, 1.54) is 4.57 Å². The number of nitrogens with zero attached hydrogens (tertiary/aromatic N) is 3. The molecule has 1 heterocycles. The number of ether oxygens (including phenoxy) is 1. The van der Waals surface area contributed by atoms with Crippen molar-refractivity contribution in [3.05, 3.63) is 35.7 Å². The van der Waals surface area contributed by atoms with Crippen LogP contribution in [0.1, 0.15) is 58.2 Å². The summed E-state index contributed by atoms with van der Waals surface area (Å²) in [5.74, 6) is -0.477. The van der Waals surface area contributed by atoms with E-state index in [9.17, 15) is 23.1 Å². The van der Waals surface area contributed by atoms with Crippen molar-refractivity contribution in [3.8, 4) is 0 Å². The van der Waals surface area contributed by atoms with Gasteiger partial charge in [-0.05, 0) is 41.5 Å². The van der Waals surface area contributed by atoms with Gasteiger partial charge in [0.05, 0.1) is 17.8 Å². The number of imidazole rings is 1. The molecule has 1 aromatic heterocycles. The lowest BCUT2D eigenvalue weighted by Gasteiger charge is -2.31. The van der Waals surface area contributed by atoms with Crippen molar-refractivity contribution >= 4 is 31.4 Å². The quantitative estimate of drug-likeness (QED) is 0.169. The van der Waals surface area contributed by atoms with Crippen LogP contribution in [0, 0.1) is 11.8 Å². The second kappa shape index (κ2) is 13.7. The molecule has 2 aromatic rings. The van der Waals surface area contributed by atoms with Crippen molar-refractivity contribution < 1.29 is 27.8 Å². The average Bonchev–Trinajstić information content (AvgIpc) is 3.17. The number of aliphatic carboxylic acids is 1. The van der Waals surface area contributed by atoms with Crippen molar-refractivity contribution in [1.29, 1.82) is 0 Å². The Morgan fingerprint density at radius 1 is 1.13 bits per heavy atom. The van der Waals surface area contributed by atoms with E-state index >= 15 is 0 Å². The standard InChI is InChI=1S/C28H45F3N4O3Si/c1-19(2)15-34(16-20(3)4)24-10-9-22(21(5)13-26(36)37)14-23(24)32-27-33-25(28(29,30)31)17-35(27)18-38-11-12-39(6,7)8/h9-10,14,17,19-21H,11-13,15-16,18H2,1-8H3,(H,32,33)(H,36,37)/t21-/m1/s1. The number of benzene rings is 1. The first kappa shape index (κ1) is 32.7. The lowest BCUT2D eigenvalue weighted by molar-refractivity contribution is -0.141. The molecule has 1 aromatic carbocycles. The van der Waals surface area contributed by atoms with Crippen molar-refractivity contribution in [2.75, 3.05) is 29.9 Å². The molecule has 11 heteroatoms. The van der Waals surface area contributed by atoms with Crippen LogP contribution in [-0.2, 0) is 22.4 Å². The van der Waals surface area contributed by atoms with Crippen LogP contribution in [0.3, 0.4) is 0 Å². The summed E-state index contributed by atoms with van der Waals surface area (Å²) in [5.41, 5.74) is 1.18. The number of aromatic nitrogens is 2. The molecule has 0 aliphatic rings. The van der Waals surface area contributed by atoms with E-state index in [1.807, 2.05) is 25.1 Å². The van der Waals surface area contributed by atoms with E-state index in [-0.39, 0.29) is 25.0 Å². The zero-order valence-electron chi connectivity index (χ0n) is 24.5. The number of hydrogen-bond acceptors (Lipinski definition) is 5. The third-order valence-corrected chi connectivity index (χ3v) is 7.83. The summed E-state index contributed by atoms with van der Waals surface area (Å²) in [7, 11) is -1.36. The zero-order valence-corrected chi connectivity index (χ0v) is 25.5. The summed E-state index contributed by atoms with van der Waals surface area (Å²) in [6.45, 7) is 18.8. The minimum Gasteiger partial charge on any atom is -0.481 e. The SMILES string of the molecule is CC(C)CN(CC(C)C)c1ccc([C@H](C)CC(=O)O)cc1Nc1nc(C(F)(F)F)cn1COCC[Si](C)(C)C. The summed E-state index contributed by atoms with van der Waals surface area (Å²) < 4.78 is 48.1. The van der Waals surface area contributed by atoms with Gasteiger partial charge in [0.25, 0.3) is 0 Å². The Morgan fingerprint density at radius 2 is 1.74 bits per heavy atom. The van der Waals surface area contributed by atoms with Crippen LogP contribution in [0.25, 0.3) is 0 Å². The highest BCUT2D eigenvalue weighted by Crippen LogP contribution is 2.36.